The molecule has 0 aliphatic carbocycles. The van der Waals surface area contributed by atoms with Crippen molar-refractivity contribution in [2.24, 2.45) is 4.52 Å². The first-order valence-electron chi connectivity index (χ1n) is 3.42. The molecule has 1 aromatic carbocycles. The van der Waals surface area contributed by atoms with Crippen LogP contribution in [0, 0.1) is 11.3 Å². The molecule has 0 N–H and O–H groups in total. The van der Waals surface area contributed by atoms with Gasteiger partial charge in [-0.15, -0.1) is 0 Å². The molecule has 0 aliphatic heterocycles. The molecule has 0 heterocycles. The Morgan fingerprint density at radius 3 is 2.64 bits per heavy atom. The first kappa shape index (κ1) is 10.1. The lowest BCUT2D eigenvalue weighted by molar-refractivity contribution is 0.597. The predicted molar refractivity (Wildman–Crippen MR) is 47.5 cm³/mol. The second-order valence-electron chi connectivity index (χ2n) is 2.25. The van der Waals surface area contributed by atoms with Crippen LogP contribution in [0.4, 0.5) is 0 Å². The van der Waals surface area contributed by atoms with E-state index in [1.165, 1.54) is 24.3 Å². The summed E-state index contributed by atoms with van der Waals surface area (Å²) in [6.45, 7) is 0. The smallest absolute Gasteiger partial charge is 0.216 e. The zero-order valence-electron chi connectivity index (χ0n) is 6.82. The molecule has 6 nitrogen and oxygen atoms in total. The van der Waals surface area contributed by atoms with Gasteiger partial charge in [-0.2, -0.15) is 5.26 Å². The topological polar surface area (TPSA) is 107 Å². The van der Waals surface area contributed by atoms with Crippen LogP contribution in [0.3, 0.4) is 0 Å². The lowest BCUT2D eigenvalue weighted by atomic mass is 10.2. The highest BCUT2D eigenvalue weighted by molar-refractivity contribution is 7.90. The number of sulfonamides is 1. The van der Waals surface area contributed by atoms with Crippen LogP contribution in [0.5, 0.6) is 0 Å². The van der Waals surface area contributed by atoms with E-state index in [0.29, 0.717) is 0 Å². The fourth-order valence-corrected chi connectivity index (χ4v) is 1.70. The molecule has 0 unspecified atom stereocenters. The molecule has 0 spiro atoms. The number of hydrogen-bond donors (Lipinski definition) is 0. The SMILES string of the molecule is N#Cc1ccccc1S(=O)(=O)N=[N+]=[N-]. The van der Waals surface area contributed by atoms with Crippen LogP contribution in [0.25, 0.3) is 10.4 Å². The highest BCUT2D eigenvalue weighted by Crippen LogP contribution is 2.16. The molecule has 0 saturated heterocycles. The Kier molecular flexibility index (Phi) is 2.72. The highest BCUT2D eigenvalue weighted by atomic mass is 32.2. The average Bonchev–Trinajstić information content (AvgIpc) is 2.18. The van der Waals surface area contributed by atoms with Gasteiger partial charge in [0.15, 0.2) is 0 Å². The third-order valence-corrected chi connectivity index (χ3v) is 2.63. The normalized spacial score (nSPS) is 9.93. The molecular formula is C7H4N4O2S. The van der Waals surface area contributed by atoms with Crippen LogP contribution >= 0.6 is 0 Å². The first-order valence-corrected chi connectivity index (χ1v) is 4.86. The Balaban J connectivity index is 3.49. The van der Waals surface area contributed by atoms with E-state index in [-0.39, 0.29) is 10.5 Å². The van der Waals surface area contributed by atoms with Gasteiger partial charge in [-0.1, -0.05) is 12.1 Å². The van der Waals surface area contributed by atoms with Crippen molar-refractivity contribution in [3.63, 3.8) is 0 Å². The maximum atomic E-state index is 11.2. The maximum Gasteiger partial charge on any atom is 0.265 e. The largest absolute Gasteiger partial charge is 0.265 e. The van der Waals surface area contributed by atoms with E-state index in [9.17, 15) is 8.42 Å². The third-order valence-electron chi connectivity index (χ3n) is 1.43. The molecular weight excluding hydrogens is 204 g/mol. The minimum Gasteiger partial charge on any atom is -0.216 e. The molecule has 0 atom stereocenters. The van der Waals surface area contributed by atoms with Gasteiger partial charge in [-0.3, -0.25) is 0 Å². The van der Waals surface area contributed by atoms with Crippen molar-refractivity contribution >= 4 is 10.0 Å². The van der Waals surface area contributed by atoms with Crippen LogP contribution < -0.4 is 0 Å². The monoisotopic (exact) mass is 208 g/mol. The van der Waals surface area contributed by atoms with Crippen LogP contribution in [0.15, 0.2) is 33.7 Å². The number of rotatable bonds is 2. The Labute approximate surface area is 80.1 Å². The van der Waals surface area contributed by atoms with Gasteiger partial charge in [0.25, 0.3) is 10.0 Å². The van der Waals surface area contributed by atoms with Crippen molar-refractivity contribution in [3.05, 3.63) is 40.3 Å². The second kappa shape index (κ2) is 3.79. The van der Waals surface area contributed by atoms with Crippen molar-refractivity contribution in [1.82, 2.24) is 0 Å². The van der Waals surface area contributed by atoms with Gasteiger partial charge in [0.1, 0.15) is 6.07 Å². The zero-order chi connectivity index (χ0) is 10.6. The van der Waals surface area contributed by atoms with Gasteiger partial charge < -0.3 is 0 Å². The summed E-state index contributed by atoms with van der Waals surface area (Å²) in [7, 11) is -4.07. The van der Waals surface area contributed by atoms with Crippen molar-refractivity contribution in [2.45, 2.75) is 4.90 Å². The lowest BCUT2D eigenvalue weighted by Crippen LogP contribution is -1.98. The molecule has 0 saturated carbocycles. The number of nitrogens with zero attached hydrogens (tertiary/aromatic N) is 4. The first-order chi connectivity index (χ1) is 6.61. The number of nitriles is 1. The molecule has 14 heavy (non-hydrogen) atoms. The van der Waals surface area contributed by atoms with Crippen LogP contribution in [-0.2, 0) is 10.0 Å². The molecule has 0 amide bonds. The van der Waals surface area contributed by atoms with E-state index < -0.39 is 10.0 Å². The molecule has 0 bridgehead atoms. The summed E-state index contributed by atoms with van der Waals surface area (Å²) in [6.07, 6.45) is 0. The van der Waals surface area contributed by atoms with E-state index in [4.69, 9.17) is 10.8 Å². The molecule has 0 aliphatic rings. The summed E-state index contributed by atoms with van der Waals surface area (Å²) in [5.74, 6) is 0. The van der Waals surface area contributed by atoms with Crippen molar-refractivity contribution in [3.8, 4) is 6.07 Å². The molecule has 7 heteroatoms. The highest BCUT2D eigenvalue weighted by Gasteiger charge is 2.15. The molecule has 70 valence electrons. The Bertz CT molecular complexity index is 537. The summed E-state index contributed by atoms with van der Waals surface area (Å²) in [5.41, 5.74) is 7.98. The lowest BCUT2D eigenvalue weighted by Gasteiger charge is -1.98. The van der Waals surface area contributed by atoms with Gasteiger partial charge in [0, 0.05) is 9.43 Å². The standard InChI is InChI=1S/C7H4N4O2S/c8-5-6-3-1-2-4-7(6)14(12,13)11-10-9/h1-4H. The molecule has 0 radical (unpaired) electrons. The summed E-state index contributed by atoms with van der Waals surface area (Å²) < 4.78 is 25.1. The van der Waals surface area contributed by atoms with E-state index in [0.717, 1.165) is 0 Å². The van der Waals surface area contributed by atoms with E-state index in [1.807, 2.05) is 0 Å². The second-order valence-corrected chi connectivity index (χ2v) is 3.81. The minimum absolute atomic E-state index is 0.0418. The molecule has 1 aromatic rings. The van der Waals surface area contributed by atoms with Gasteiger partial charge in [0.2, 0.25) is 0 Å². The fourth-order valence-electron chi connectivity index (χ4n) is 0.876. The van der Waals surface area contributed by atoms with Gasteiger partial charge in [-0.05, 0) is 17.7 Å². The minimum atomic E-state index is -4.07. The summed E-state index contributed by atoms with van der Waals surface area (Å²) in [4.78, 5) is 1.91. The summed E-state index contributed by atoms with van der Waals surface area (Å²) in [5, 5.41) is 8.60. The Hall–Kier alpha value is -2.03. The predicted octanol–water partition coefficient (Wildman–Crippen LogP) is 1.56. The summed E-state index contributed by atoms with van der Waals surface area (Å²) >= 11 is 0. The van der Waals surface area contributed by atoms with Crippen molar-refractivity contribution in [2.75, 3.05) is 0 Å². The molecule has 1 rings (SSSR count). The van der Waals surface area contributed by atoms with Gasteiger partial charge in [0.05, 0.1) is 10.5 Å². The Morgan fingerprint density at radius 1 is 1.43 bits per heavy atom. The van der Waals surface area contributed by atoms with Crippen LogP contribution in [0.1, 0.15) is 5.56 Å². The Morgan fingerprint density at radius 2 is 2.07 bits per heavy atom. The number of azide groups is 1. The van der Waals surface area contributed by atoms with Gasteiger partial charge in [-0.25, -0.2) is 8.42 Å². The molecule has 0 aromatic heterocycles. The van der Waals surface area contributed by atoms with E-state index >= 15 is 0 Å². The van der Waals surface area contributed by atoms with E-state index in [2.05, 4.69) is 9.43 Å². The van der Waals surface area contributed by atoms with Crippen LogP contribution in [-0.4, -0.2) is 8.42 Å². The maximum absolute atomic E-state index is 11.2. The van der Waals surface area contributed by atoms with Crippen molar-refractivity contribution in [1.29, 1.82) is 5.26 Å². The molecule has 0 fully saturated rings. The quantitative estimate of drug-likeness (QED) is 0.418. The van der Waals surface area contributed by atoms with Crippen LogP contribution in [0.2, 0.25) is 0 Å². The third kappa shape index (κ3) is 1.82. The number of hydrogen-bond acceptors (Lipinski definition) is 3. The number of benzene rings is 1. The van der Waals surface area contributed by atoms with E-state index in [1.54, 1.807) is 6.07 Å². The van der Waals surface area contributed by atoms with Gasteiger partial charge >= 0.3 is 0 Å². The van der Waals surface area contributed by atoms with Crippen molar-refractivity contribution < 1.29 is 8.42 Å². The fraction of sp³-hybridized carbons (Fsp3) is 0. The summed E-state index contributed by atoms with van der Waals surface area (Å²) in [6, 6.07) is 7.21. The average molecular weight is 208 g/mol. The zero-order valence-corrected chi connectivity index (χ0v) is 7.64.